The molecule has 1 aliphatic rings. The third-order valence-corrected chi connectivity index (χ3v) is 7.77. The van der Waals surface area contributed by atoms with Crippen LogP contribution in [0.25, 0.3) is 0 Å². The summed E-state index contributed by atoms with van der Waals surface area (Å²) >= 11 is 1.32. The van der Waals surface area contributed by atoms with E-state index in [1.807, 2.05) is 0 Å². The van der Waals surface area contributed by atoms with Crippen molar-refractivity contribution in [1.82, 2.24) is 0 Å². The van der Waals surface area contributed by atoms with Crippen LogP contribution in [0.2, 0.25) is 0 Å². The number of carbonyl (C=O) groups is 4. The summed E-state index contributed by atoms with van der Waals surface area (Å²) in [4.78, 5) is 53.1. The van der Waals surface area contributed by atoms with Crippen molar-refractivity contribution < 1.29 is 28.7 Å². The zero-order valence-electron chi connectivity index (χ0n) is 22.5. The van der Waals surface area contributed by atoms with Gasteiger partial charge in [0.15, 0.2) is 11.6 Å². The molecular formula is C32H26N2O6S. The van der Waals surface area contributed by atoms with Crippen molar-refractivity contribution >= 4 is 46.5 Å². The molecule has 2 N–H and O–H groups in total. The normalized spacial score (nSPS) is 12.6. The van der Waals surface area contributed by atoms with E-state index in [1.165, 1.54) is 26.0 Å². The lowest BCUT2D eigenvalue weighted by molar-refractivity contribution is -0.115. The minimum Gasteiger partial charge on any atom is -0.496 e. The fourth-order valence-corrected chi connectivity index (χ4v) is 5.49. The fourth-order valence-electron chi connectivity index (χ4n) is 4.63. The second-order valence-corrected chi connectivity index (χ2v) is 10.6. The van der Waals surface area contributed by atoms with Crippen molar-refractivity contribution in [2.75, 3.05) is 24.9 Å². The molecule has 0 radical (unpaired) electrons. The Morgan fingerprint density at radius 1 is 0.707 bits per heavy atom. The highest BCUT2D eigenvalue weighted by molar-refractivity contribution is 8.00. The average molecular weight is 567 g/mol. The molecule has 0 spiro atoms. The van der Waals surface area contributed by atoms with Gasteiger partial charge in [-0.1, -0.05) is 42.5 Å². The number of anilines is 2. The van der Waals surface area contributed by atoms with Crippen molar-refractivity contribution in [2.45, 2.75) is 17.1 Å². The van der Waals surface area contributed by atoms with E-state index in [1.54, 1.807) is 91.9 Å². The van der Waals surface area contributed by atoms with E-state index in [2.05, 4.69) is 10.6 Å². The zero-order chi connectivity index (χ0) is 29.1. The van der Waals surface area contributed by atoms with Gasteiger partial charge in [-0.3, -0.25) is 19.2 Å². The lowest BCUT2D eigenvalue weighted by Gasteiger charge is -2.21. The maximum absolute atomic E-state index is 13.2. The molecule has 1 unspecified atom stereocenters. The summed E-state index contributed by atoms with van der Waals surface area (Å²) in [7, 11) is 2.97. The molecule has 1 aliphatic carbocycles. The van der Waals surface area contributed by atoms with Crippen LogP contribution in [0.5, 0.6) is 11.5 Å². The van der Waals surface area contributed by atoms with Crippen LogP contribution >= 0.6 is 11.8 Å². The summed E-state index contributed by atoms with van der Waals surface area (Å²) in [6.45, 7) is 1.75. The Labute approximate surface area is 241 Å². The second-order valence-electron chi connectivity index (χ2n) is 9.20. The Kier molecular flexibility index (Phi) is 7.89. The first kappa shape index (κ1) is 27.7. The summed E-state index contributed by atoms with van der Waals surface area (Å²) in [5, 5.41) is 5.15. The molecule has 0 aromatic heterocycles. The maximum Gasteiger partial charge on any atom is 0.263 e. The molecule has 0 bridgehead atoms. The molecule has 4 aromatic rings. The lowest BCUT2D eigenvalue weighted by atomic mass is 9.83. The third kappa shape index (κ3) is 5.44. The van der Waals surface area contributed by atoms with E-state index in [4.69, 9.17) is 9.47 Å². The van der Waals surface area contributed by atoms with Crippen LogP contribution < -0.4 is 20.1 Å². The van der Waals surface area contributed by atoms with Gasteiger partial charge in [-0.05, 0) is 49.4 Å². The van der Waals surface area contributed by atoms with Gasteiger partial charge in [0.2, 0.25) is 5.91 Å². The molecule has 5 rings (SSSR count). The smallest absolute Gasteiger partial charge is 0.263 e. The molecule has 8 nitrogen and oxygen atoms in total. The van der Waals surface area contributed by atoms with Gasteiger partial charge in [-0.25, -0.2) is 0 Å². The molecule has 206 valence electrons. The number of nitrogens with one attached hydrogen (secondary N) is 2. The molecule has 0 saturated heterocycles. The van der Waals surface area contributed by atoms with Gasteiger partial charge in [0, 0.05) is 27.3 Å². The van der Waals surface area contributed by atoms with Crippen LogP contribution in [-0.2, 0) is 4.79 Å². The van der Waals surface area contributed by atoms with E-state index in [0.717, 1.165) is 4.90 Å². The number of carbonyl (C=O) groups excluding carboxylic acids is 4. The molecule has 0 fully saturated rings. The third-order valence-electron chi connectivity index (χ3n) is 6.66. The predicted octanol–water partition coefficient (Wildman–Crippen LogP) is 5.85. The Bertz CT molecular complexity index is 1660. The van der Waals surface area contributed by atoms with E-state index in [0.29, 0.717) is 34.0 Å². The molecule has 2 amide bonds. The number of thioether (sulfide) groups is 1. The number of rotatable bonds is 8. The van der Waals surface area contributed by atoms with Crippen LogP contribution in [0.1, 0.15) is 49.1 Å². The summed E-state index contributed by atoms with van der Waals surface area (Å²) in [6.07, 6.45) is 0. The number of methoxy groups -OCH3 is 2. The summed E-state index contributed by atoms with van der Waals surface area (Å²) in [6, 6.07) is 23.7. The molecular weight excluding hydrogens is 540 g/mol. The second kappa shape index (κ2) is 11.7. The van der Waals surface area contributed by atoms with Gasteiger partial charge < -0.3 is 20.1 Å². The van der Waals surface area contributed by atoms with Crippen molar-refractivity contribution in [3.63, 3.8) is 0 Å². The number of ketones is 2. The SMILES string of the molecule is COc1cccc(OC)c1C(=O)Nc1ccc(SC(C)C(=O)Nc2cccc3c2C(=O)c2ccccc2C3=O)cc1. The predicted molar refractivity (Wildman–Crippen MR) is 158 cm³/mol. The first-order chi connectivity index (χ1) is 19.8. The molecule has 41 heavy (non-hydrogen) atoms. The van der Waals surface area contributed by atoms with E-state index < -0.39 is 5.25 Å². The van der Waals surface area contributed by atoms with Crippen LogP contribution in [0.4, 0.5) is 11.4 Å². The van der Waals surface area contributed by atoms with Gasteiger partial charge in [0.1, 0.15) is 17.1 Å². The summed E-state index contributed by atoms with van der Waals surface area (Å²) in [5.74, 6) is -0.454. The number of amides is 2. The van der Waals surface area contributed by atoms with Crippen LogP contribution in [0.15, 0.2) is 89.8 Å². The quantitative estimate of drug-likeness (QED) is 0.227. The van der Waals surface area contributed by atoms with Crippen molar-refractivity contribution in [1.29, 1.82) is 0 Å². The zero-order valence-corrected chi connectivity index (χ0v) is 23.3. The van der Waals surface area contributed by atoms with E-state index in [9.17, 15) is 19.2 Å². The fraction of sp³-hybridized carbons (Fsp3) is 0.125. The number of hydrogen-bond acceptors (Lipinski definition) is 7. The van der Waals surface area contributed by atoms with E-state index >= 15 is 0 Å². The van der Waals surface area contributed by atoms with Crippen LogP contribution in [0, 0.1) is 0 Å². The highest BCUT2D eigenvalue weighted by atomic mass is 32.2. The van der Waals surface area contributed by atoms with Crippen LogP contribution in [0.3, 0.4) is 0 Å². The molecule has 0 heterocycles. The topological polar surface area (TPSA) is 111 Å². The number of hydrogen-bond donors (Lipinski definition) is 2. The largest absolute Gasteiger partial charge is 0.496 e. The van der Waals surface area contributed by atoms with Gasteiger partial charge in [-0.2, -0.15) is 0 Å². The number of benzene rings is 4. The first-order valence-electron chi connectivity index (χ1n) is 12.7. The molecule has 9 heteroatoms. The van der Waals surface area contributed by atoms with Crippen LogP contribution in [-0.4, -0.2) is 42.9 Å². The highest BCUT2D eigenvalue weighted by Crippen LogP contribution is 2.33. The Hall–Kier alpha value is -4.89. The number of fused-ring (bicyclic) bond motifs is 2. The monoisotopic (exact) mass is 566 g/mol. The Morgan fingerprint density at radius 2 is 1.29 bits per heavy atom. The van der Waals surface area contributed by atoms with Crippen molar-refractivity contribution in [3.8, 4) is 11.5 Å². The summed E-state index contributed by atoms with van der Waals surface area (Å²) in [5.41, 5.74) is 2.31. The summed E-state index contributed by atoms with van der Waals surface area (Å²) < 4.78 is 10.6. The molecule has 0 saturated carbocycles. The van der Waals surface area contributed by atoms with Gasteiger partial charge in [0.25, 0.3) is 5.91 Å². The Balaban J connectivity index is 1.26. The maximum atomic E-state index is 13.2. The first-order valence-corrected chi connectivity index (χ1v) is 13.6. The Morgan fingerprint density at radius 3 is 1.93 bits per heavy atom. The van der Waals surface area contributed by atoms with E-state index in [-0.39, 0.29) is 40.1 Å². The molecule has 4 aromatic carbocycles. The minimum absolute atomic E-state index is 0.202. The standard InChI is InChI=1S/C32H26N2O6S/c1-18(31(37)34-24-11-6-10-23-27(24)30(36)22-9-5-4-8-21(22)29(23)35)41-20-16-14-19(15-17-20)33-32(38)28-25(39-2)12-7-13-26(28)40-3/h4-18H,1-3H3,(H,33,38)(H,34,37). The average Bonchev–Trinajstić information content (AvgIpc) is 3.00. The number of ether oxygens (including phenoxy) is 2. The van der Waals surface area contributed by atoms with Crippen molar-refractivity contribution in [3.05, 3.63) is 113 Å². The van der Waals surface area contributed by atoms with Crippen molar-refractivity contribution in [2.24, 2.45) is 0 Å². The van der Waals surface area contributed by atoms with Gasteiger partial charge in [-0.15, -0.1) is 11.8 Å². The lowest BCUT2D eigenvalue weighted by Crippen LogP contribution is -2.27. The molecule has 0 aliphatic heterocycles. The highest BCUT2D eigenvalue weighted by Gasteiger charge is 2.32. The minimum atomic E-state index is -0.522. The van der Waals surface area contributed by atoms with Gasteiger partial charge in [0.05, 0.1) is 30.7 Å². The molecule has 1 atom stereocenters. The van der Waals surface area contributed by atoms with Gasteiger partial charge >= 0.3 is 0 Å².